The van der Waals surface area contributed by atoms with E-state index >= 15 is 0 Å². The quantitative estimate of drug-likeness (QED) is 0.361. The molecule has 8 nitrogen and oxygen atoms in total. The number of anilines is 2. The van der Waals surface area contributed by atoms with Crippen LogP contribution in [0, 0.1) is 5.82 Å². The van der Waals surface area contributed by atoms with Crippen molar-refractivity contribution < 1.29 is 62.9 Å². The van der Waals surface area contributed by atoms with Gasteiger partial charge < -0.3 is 14.2 Å². The smallest absolute Gasteiger partial charge is 0.425 e. The van der Waals surface area contributed by atoms with Crippen molar-refractivity contribution >= 4 is 28.3 Å². The molecule has 0 radical (unpaired) electrons. The molecule has 2 rings (SSSR count). The van der Waals surface area contributed by atoms with E-state index in [0.717, 1.165) is 13.2 Å². The zero-order chi connectivity index (χ0) is 26.6. The highest BCUT2D eigenvalue weighted by Crippen LogP contribution is 2.37. The summed E-state index contributed by atoms with van der Waals surface area (Å²) in [6, 6.07) is 0.177. The molecule has 0 bridgehead atoms. The molecule has 0 aliphatic rings. The third kappa shape index (κ3) is 8.57. The van der Waals surface area contributed by atoms with Crippen molar-refractivity contribution in [2.24, 2.45) is 0 Å². The van der Waals surface area contributed by atoms with Gasteiger partial charge in [0.05, 0.1) is 5.00 Å². The lowest BCUT2D eigenvalue weighted by molar-refractivity contribution is -0.155. The summed E-state index contributed by atoms with van der Waals surface area (Å²) in [5.74, 6) is -6.02. The van der Waals surface area contributed by atoms with Crippen LogP contribution >= 0.6 is 11.3 Å². The van der Waals surface area contributed by atoms with Crippen LogP contribution in [0.1, 0.15) is 4.88 Å². The number of urea groups is 1. The molecular formula is C16H12F10N4O4S. The van der Waals surface area contributed by atoms with Crippen LogP contribution in [0.2, 0.25) is 0 Å². The molecule has 2 aromatic rings. The molecule has 1 N–H and O–H groups in total. The van der Waals surface area contributed by atoms with Gasteiger partial charge in [-0.2, -0.15) is 53.9 Å². The molecule has 2 heterocycles. The maximum atomic E-state index is 14.3. The van der Waals surface area contributed by atoms with E-state index in [1.807, 2.05) is 5.32 Å². The van der Waals surface area contributed by atoms with Gasteiger partial charge in [-0.25, -0.2) is 9.69 Å². The number of methoxy groups -OCH3 is 1. The Morgan fingerprint density at radius 2 is 1.49 bits per heavy atom. The van der Waals surface area contributed by atoms with Crippen LogP contribution in [0.5, 0.6) is 11.8 Å². The van der Waals surface area contributed by atoms with E-state index in [1.165, 1.54) is 0 Å². The molecule has 0 saturated heterocycles. The first-order valence-electron chi connectivity index (χ1n) is 8.71. The van der Waals surface area contributed by atoms with Crippen molar-refractivity contribution in [3.8, 4) is 11.8 Å². The lowest BCUT2D eigenvalue weighted by atomic mass is 10.4. The normalized spacial score (nSPS) is 12.4. The number of ether oxygens (including phenoxy) is 3. The minimum Gasteiger partial charge on any atom is -0.466 e. The first kappa shape index (κ1) is 28.1. The summed E-state index contributed by atoms with van der Waals surface area (Å²) in [5.41, 5.74) is 0. The predicted octanol–water partition coefficient (Wildman–Crippen LogP) is 5.22. The maximum Gasteiger partial charge on any atom is 0.425 e. The predicted molar refractivity (Wildman–Crippen MR) is 97.8 cm³/mol. The van der Waals surface area contributed by atoms with Gasteiger partial charge >= 0.3 is 24.6 Å². The van der Waals surface area contributed by atoms with Crippen LogP contribution in [-0.4, -0.2) is 55.4 Å². The number of carbonyl (C=O) groups excluding carboxylic acids is 1. The van der Waals surface area contributed by atoms with Crippen molar-refractivity contribution in [1.29, 1.82) is 0 Å². The van der Waals surface area contributed by atoms with Crippen LogP contribution in [0.4, 0.5) is 59.6 Å². The van der Waals surface area contributed by atoms with Gasteiger partial charge in [-0.3, -0.25) is 5.32 Å². The SMILES string of the molecule is COCN(C(=O)Nc1ccc(C(F)(F)F)s1)c1nc(OCC(F)(F)F)c(F)c(OCC(F)(F)F)n1. The Morgan fingerprint density at radius 3 is 1.89 bits per heavy atom. The average Bonchev–Trinajstić information content (AvgIpc) is 3.18. The van der Waals surface area contributed by atoms with E-state index in [0.29, 0.717) is 11.0 Å². The number of hydrogen-bond donors (Lipinski definition) is 1. The Morgan fingerprint density at radius 1 is 0.971 bits per heavy atom. The minimum absolute atomic E-state index is 0.105. The van der Waals surface area contributed by atoms with E-state index < -0.39 is 72.9 Å². The summed E-state index contributed by atoms with van der Waals surface area (Å²) in [4.78, 5) is 18.3. The molecule has 0 fully saturated rings. The van der Waals surface area contributed by atoms with E-state index in [4.69, 9.17) is 0 Å². The average molecular weight is 546 g/mol. The summed E-state index contributed by atoms with van der Waals surface area (Å²) in [7, 11) is 0.999. The zero-order valence-electron chi connectivity index (χ0n) is 16.9. The van der Waals surface area contributed by atoms with Gasteiger partial charge in [0.25, 0.3) is 11.8 Å². The Balaban J connectivity index is 2.41. The van der Waals surface area contributed by atoms with Crippen molar-refractivity contribution in [1.82, 2.24) is 9.97 Å². The molecule has 19 heteroatoms. The van der Waals surface area contributed by atoms with Gasteiger partial charge in [0.15, 0.2) is 13.2 Å². The molecule has 2 amide bonds. The third-order valence-corrected chi connectivity index (χ3v) is 4.43. The summed E-state index contributed by atoms with van der Waals surface area (Å²) < 4.78 is 140. The van der Waals surface area contributed by atoms with E-state index in [9.17, 15) is 48.7 Å². The first-order chi connectivity index (χ1) is 16.0. The Bertz CT molecular complexity index is 986. The van der Waals surface area contributed by atoms with Crippen LogP contribution in [0.25, 0.3) is 0 Å². The molecule has 2 aromatic heterocycles. The van der Waals surface area contributed by atoms with Crippen molar-refractivity contribution in [2.75, 3.05) is 37.3 Å². The van der Waals surface area contributed by atoms with Crippen molar-refractivity contribution in [2.45, 2.75) is 18.5 Å². The number of hydrogen-bond acceptors (Lipinski definition) is 7. The fraction of sp³-hybridized carbons (Fsp3) is 0.438. The minimum atomic E-state index is -5.01. The van der Waals surface area contributed by atoms with Crippen molar-refractivity contribution in [3.63, 3.8) is 0 Å². The monoisotopic (exact) mass is 546 g/mol. The second-order valence-corrected chi connectivity index (χ2v) is 7.28. The number of carbonyl (C=O) groups is 1. The second-order valence-electron chi connectivity index (χ2n) is 6.19. The highest BCUT2D eigenvalue weighted by Gasteiger charge is 2.35. The number of alkyl halides is 9. The van der Waals surface area contributed by atoms with Crippen LogP contribution < -0.4 is 19.7 Å². The highest BCUT2D eigenvalue weighted by molar-refractivity contribution is 7.16. The third-order valence-electron chi connectivity index (χ3n) is 3.38. The lowest BCUT2D eigenvalue weighted by Crippen LogP contribution is -2.38. The summed E-state index contributed by atoms with van der Waals surface area (Å²) in [5, 5.41) is 1.64. The lowest BCUT2D eigenvalue weighted by Gasteiger charge is -2.21. The largest absolute Gasteiger partial charge is 0.466 e. The van der Waals surface area contributed by atoms with Gasteiger partial charge in [-0.15, -0.1) is 11.3 Å². The molecule has 0 saturated carbocycles. The number of nitrogens with zero attached hydrogens (tertiary/aromatic N) is 3. The number of nitrogens with one attached hydrogen (secondary N) is 1. The molecule has 0 aliphatic carbocycles. The van der Waals surface area contributed by atoms with Gasteiger partial charge in [-0.1, -0.05) is 0 Å². The molecule has 0 aliphatic heterocycles. The molecule has 0 spiro atoms. The molecule has 0 atom stereocenters. The van der Waals surface area contributed by atoms with Gasteiger partial charge in [0.1, 0.15) is 11.6 Å². The molecule has 0 aromatic carbocycles. The highest BCUT2D eigenvalue weighted by atomic mass is 32.1. The molecular weight excluding hydrogens is 534 g/mol. The molecule has 35 heavy (non-hydrogen) atoms. The fourth-order valence-electron chi connectivity index (χ4n) is 2.08. The van der Waals surface area contributed by atoms with Crippen LogP contribution in [-0.2, 0) is 10.9 Å². The topological polar surface area (TPSA) is 85.8 Å². The van der Waals surface area contributed by atoms with Gasteiger partial charge in [0.2, 0.25) is 11.8 Å². The van der Waals surface area contributed by atoms with Gasteiger partial charge in [-0.05, 0) is 12.1 Å². The summed E-state index contributed by atoms with van der Waals surface area (Å²) in [6.45, 7) is -5.07. The maximum absolute atomic E-state index is 14.3. The number of thiophene rings is 1. The van der Waals surface area contributed by atoms with Crippen LogP contribution in [0.3, 0.4) is 0 Å². The number of rotatable bonds is 8. The van der Waals surface area contributed by atoms with Crippen LogP contribution in [0.15, 0.2) is 12.1 Å². The Hall–Kier alpha value is -3.09. The summed E-state index contributed by atoms with van der Waals surface area (Å²) in [6.07, 6.45) is -14.7. The second kappa shape index (κ2) is 10.7. The van der Waals surface area contributed by atoms with E-state index in [2.05, 4.69) is 24.2 Å². The standard InChI is InChI=1S/C16H12F10N4O4S/c1-32-6-30(13(31)27-8-3-2-7(35-8)16(24,25)26)12-28-10(33-4-14(18,19)20)9(17)11(29-12)34-5-15(21,22)23/h2-3H,4-6H2,1H3,(H,27,31). The first-order valence-corrected chi connectivity index (χ1v) is 9.53. The Labute approximate surface area is 192 Å². The number of aromatic nitrogens is 2. The van der Waals surface area contributed by atoms with E-state index in [-0.39, 0.29) is 16.3 Å². The van der Waals surface area contributed by atoms with E-state index in [1.54, 1.807) is 0 Å². The molecule has 196 valence electrons. The zero-order valence-corrected chi connectivity index (χ0v) is 17.8. The molecule has 0 unspecified atom stereocenters. The van der Waals surface area contributed by atoms with Gasteiger partial charge in [0, 0.05) is 7.11 Å². The van der Waals surface area contributed by atoms with Crippen molar-refractivity contribution in [3.05, 3.63) is 22.8 Å². The Kier molecular flexibility index (Phi) is 8.58. The summed E-state index contributed by atoms with van der Waals surface area (Å²) >= 11 is 0.105. The fourth-order valence-corrected chi connectivity index (χ4v) is 2.84. The number of amides is 2. The number of halogens is 10.